The Morgan fingerprint density at radius 2 is 1.11 bits per heavy atom. The SMILES string of the molecule is O=C(c1ccc(C(F)(F)F)cc1)C1[C@H](c2ccccc2)[C@H]1c1ccccc1. The first-order chi connectivity index (χ1) is 13.0. The van der Waals surface area contributed by atoms with Gasteiger partial charge in [-0.1, -0.05) is 72.8 Å². The molecule has 1 fully saturated rings. The monoisotopic (exact) mass is 366 g/mol. The second kappa shape index (κ2) is 6.69. The predicted octanol–water partition coefficient (Wildman–Crippen LogP) is 6.09. The number of carbonyl (C=O) groups is 1. The van der Waals surface area contributed by atoms with Gasteiger partial charge in [0.1, 0.15) is 0 Å². The van der Waals surface area contributed by atoms with E-state index in [-0.39, 0.29) is 23.5 Å². The van der Waals surface area contributed by atoms with Crippen molar-refractivity contribution in [1.29, 1.82) is 0 Å². The molecule has 0 radical (unpaired) electrons. The Labute approximate surface area is 155 Å². The lowest BCUT2D eigenvalue weighted by Crippen LogP contribution is -2.08. The lowest BCUT2D eigenvalue weighted by atomic mass is 10.0. The molecule has 1 saturated carbocycles. The third-order valence-electron chi connectivity index (χ3n) is 5.19. The van der Waals surface area contributed by atoms with E-state index in [0.29, 0.717) is 5.56 Å². The molecule has 1 aliphatic rings. The molecule has 0 heterocycles. The summed E-state index contributed by atoms with van der Waals surface area (Å²) in [5.41, 5.74) is 1.75. The van der Waals surface area contributed by atoms with Gasteiger partial charge in [0.15, 0.2) is 5.78 Å². The van der Waals surface area contributed by atoms with Crippen LogP contribution in [0.3, 0.4) is 0 Å². The van der Waals surface area contributed by atoms with Gasteiger partial charge in [-0.2, -0.15) is 13.2 Å². The summed E-state index contributed by atoms with van der Waals surface area (Å²) in [5, 5.41) is 0. The highest BCUT2D eigenvalue weighted by atomic mass is 19.4. The summed E-state index contributed by atoms with van der Waals surface area (Å²) in [6, 6.07) is 24.1. The lowest BCUT2D eigenvalue weighted by Gasteiger charge is -2.07. The molecule has 0 spiro atoms. The van der Waals surface area contributed by atoms with E-state index in [0.717, 1.165) is 23.3 Å². The number of benzene rings is 3. The number of ketones is 1. The summed E-state index contributed by atoms with van der Waals surface area (Å²) >= 11 is 0. The van der Waals surface area contributed by atoms with Gasteiger partial charge in [0.05, 0.1) is 5.56 Å². The first-order valence-corrected chi connectivity index (χ1v) is 8.78. The molecule has 1 nitrogen and oxygen atoms in total. The molecule has 2 atom stereocenters. The number of hydrogen-bond acceptors (Lipinski definition) is 1. The minimum Gasteiger partial charge on any atom is -0.294 e. The predicted molar refractivity (Wildman–Crippen MR) is 97.6 cm³/mol. The van der Waals surface area contributed by atoms with E-state index in [1.54, 1.807) is 0 Å². The minimum atomic E-state index is -4.40. The fourth-order valence-corrected chi connectivity index (χ4v) is 3.83. The van der Waals surface area contributed by atoms with E-state index in [2.05, 4.69) is 0 Å². The fourth-order valence-electron chi connectivity index (χ4n) is 3.83. The second-order valence-corrected chi connectivity index (χ2v) is 6.84. The van der Waals surface area contributed by atoms with Crippen molar-refractivity contribution in [3.8, 4) is 0 Å². The third kappa shape index (κ3) is 3.39. The van der Waals surface area contributed by atoms with Crippen molar-refractivity contribution in [1.82, 2.24) is 0 Å². The van der Waals surface area contributed by atoms with Gasteiger partial charge in [-0.05, 0) is 23.3 Å². The van der Waals surface area contributed by atoms with Crippen molar-refractivity contribution >= 4 is 5.78 Å². The van der Waals surface area contributed by atoms with Crippen molar-refractivity contribution in [2.75, 3.05) is 0 Å². The Bertz CT molecular complexity index is 885. The summed E-state index contributed by atoms with van der Waals surface area (Å²) in [5.74, 6) is -0.273. The van der Waals surface area contributed by atoms with Gasteiger partial charge in [-0.3, -0.25) is 4.79 Å². The highest BCUT2D eigenvalue weighted by Gasteiger charge is 2.55. The highest BCUT2D eigenvalue weighted by molar-refractivity contribution is 6.01. The van der Waals surface area contributed by atoms with Gasteiger partial charge in [0.2, 0.25) is 0 Å². The van der Waals surface area contributed by atoms with Crippen LogP contribution in [0.15, 0.2) is 84.9 Å². The van der Waals surface area contributed by atoms with Crippen LogP contribution in [-0.2, 0) is 6.18 Å². The maximum atomic E-state index is 13.1. The maximum Gasteiger partial charge on any atom is 0.416 e. The van der Waals surface area contributed by atoms with Gasteiger partial charge < -0.3 is 0 Å². The average Bonchev–Trinajstić information content (AvgIpc) is 3.44. The highest BCUT2D eigenvalue weighted by Crippen LogP contribution is 2.61. The Balaban J connectivity index is 1.65. The van der Waals surface area contributed by atoms with Crippen molar-refractivity contribution < 1.29 is 18.0 Å². The van der Waals surface area contributed by atoms with Gasteiger partial charge in [-0.25, -0.2) is 0 Å². The molecule has 3 aromatic carbocycles. The Kier molecular flexibility index (Phi) is 4.34. The standard InChI is InChI=1S/C23H17F3O/c24-23(25,26)18-13-11-17(12-14-18)22(27)21-19(15-7-3-1-4-8-15)20(21)16-9-5-2-6-10-16/h1-14,19-21H/t19-,20-/m1/s1. The molecule has 4 rings (SSSR count). The summed E-state index contributed by atoms with van der Waals surface area (Å²) in [6.07, 6.45) is -4.40. The van der Waals surface area contributed by atoms with Crippen LogP contribution < -0.4 is 0 Å². The summed E-state index contributed by atoms with van der Waals surface area (Å²) < 4.78 is 38.3. The Morgan fingerprint density at radius 3 is 1.52 bits per heavy atom. The summed E-state index contributed by atoms with van der Waals surface area (Å²) in [7, 11) is 0. The lowest BCUT2D eigenvalue weighted by molar-refractivity contribution is -0.137. The topological polar surface area (TPSA) is 17.1 Å². The van der Waals surface area contributed by atoms with Gasteiger partial charge >= 0.3 is 6.18 Å². The molecule has 1 aliphatic carbocycles. The average molecular weight is 366 g/mol. The number of hydrogen-bond donors (Lipinski definition) is 0. The largest absolute Gasteiger partial charge is 0.416 e. The first-order valence-electron chi connectivity index (χ1n) is 8.78. The molecule has 0 unspecified atom stereocenters. The van der Waals surface area contributed by atoms with E-state index < -0.39 is 11.7 Å². The Morgan fingerprint density at radius 1 is 0.667 bits per heavy atom. The molecule has 3 aromatic rings. The fraction of sp³-hybridized carbons (Fsp3) is 0.174. The quantitative estimate of drug-likeness (QED) is 0.511. The number of rotatable bonds is 4. The molecule has 0 N–H and O–H groups in total. The third-order valence-corrected chi connectivity index (χ3v) is 5.19. The zero-order valence-electron chi connectivity index (χ0n) is 14.4. The van der Waals surface area contributed by atoms with E-state index >= 15 is 0 Å². The van der Waals surface area contributed by atoms with Crippen molar-refractivity contribution in [3.05, 3.63) is 107 Å². The molecule has 0 amide bonds. The maximum absolute atomic E-state index is 13.1. The molecule has 0 aliphatic heterocycles. The molecule has 27 heavy (non-hydrogen) atoms. The van der Waals surface area contributed by atoms with Crippen LogP contribution in [0.25, 0.3) is 0 Å². The number of Topliss-reactive ketones (excluding diaryl/α,β-unsaturated/α-hetero) is 1. The summed E-state index contributed by atoms with van der Waals surface area (Å²) in [6.45, 7) is 0. The van der Waals surface area contributed by atoms with Crippen LogP contribution in [0.4, 0.5) is 13.2 Å². The second-order valence-electron chi connectivity index (χ2n) is 6.84. The van der Waals surface area contributed by atoms with Crippen LogP contribution in [0, 0.1) is 5.92 Å². The smallest absolute Gasteiger partial charge is 0.294 e. The van der Waals surface area contributed by atoms with Crippen LogP contribution in [0.2, 0.25) is 0 Å². The summed E-state index contributed by atoms with van der Waals surface area (Å²) in [4.78, 5) is 13.1. The first kappa shape index (κ1) is 17.5. The van der Waals surface area contributed by atoms with E-state index in [1.165, 1.54) is 12.1 Å². The van der Waals surface area contributed by atoms with Gasteiger partial charge in [0.25, 0.3) is 0 Å². The molecular weight excluding hydrogens is 349 g/mol. The molecule has 0 saturated heterocycles. The molecule has 136 valence electrons. The van der Waals surface area contributed by atoms with Crippen LogP contribution in [0.1, 0.15) is 38.9 Å². The molecular formula is C23H17F3O. The van der Waals surface area contributed by atoms with Crippen LogP contribution in [0.5, 0.6) is 0 Å². The molecule has 0 aromatic heterocycles. The Hall–Kier alpha value is -2.88. The van der Waals surface area contributed by atoms with Crippen LogP contribution >= 0.6 is 0 Å². The minimum absolute atomic E-state index is 0.0448. The van der Waals surface area contributed by atoms with Gasteiger partial charge in [0, 0.05) is 23.3 Å². The number of carbonyl (C=O) groups excluding carboxylic acids is 1. The molecule has 0 bridgehead atoms. The van der Waals surface area contributed by atoms with E-state index in [9.17, 15) is 18.0 Å². The van der Waals surface area contributed by atoms with E-state index in [4.69, 9.17) is 0 Å². The molecule has 4 heteroatoms. The zero-order chi connectivity index (χ0) is 19.0. The van der Waals surface area contributed by atoms with Gasteiger partial charge in [-0.15, -0.1) is 0 Å². The van der Waals surface area contributed by atoms with Crippen LogP contribution in [-0.4, -0.2) is 5.78 Å². The number of alkyl halides is 3. The van der Waals surface area contributed by atoms with E-state index in [1.807, 2.05) is 60.7 Å². The zero-order valence-corrected chi connectivity index (χ0v) is 14.4. The number of halogens is 3. The normalized spacial score (nSPS) is 21.7. The van der Waals surface area contributed by atoms with Crippen molar-refractivity contribution in [2.45, 2.75) is 18.0 Å². The van der Waals surface area contributed by atoms with Crippen molar-refractivity contribution in [3.63, 3.8) is 0 Å². The van der Waals surface area contributed by atoms with Crippen molar-refractivity contribution in [2.24, 2.45) is 5.92 Å².